The number of hydrogen-bond donors (Lipinski definition) is 3. The predicted molar refractivity (Wildman–Crippen MR) is 199 cm³/mol. The van der Waals surface area contributed by atoms with E-state index in [0.29, 0.717) is 23.7 Å². The van der Waals surface area contributed by atoms with Crippen molar-refractivity contribution in [1.29, 1.82) is 0 Å². The molecule has 3 N–H and O–H groups in total. The minimum atomic E-state index is -0.177. The highest BCUT2D eigenvalue weighted by Gasteiger charge is 2.45. The Hall–Kier alpha value is -3.14. The Morgan fingerprint density at radius 2 is 1.43 bits per heavy atom. The average Bonchev–Trinajstić information content (AvgIpc) is 2.99. The molecule has 47 heavy (non-hydrogen) atoms. The standard InChI is InChI=1S/C22H34O2.C21H30O2/c1-5-6-7-12-19-15-21(23)20(22(24)16-19)14-13-18(4)11-9-8-10-17(2)3;1-5-6-7-8-15-12-18(22)20-16-11-14(2)9-10-17(16)21(3,4)23-19(20)13-15/h10,13,15-16,23-24H,5-9,11-12,14H2,1-4H3;11-13,16-17,22H,5-10H2,1-4H3/b18-13+;/t;16-,17-/m.1/s1. The number of aromatic hydroxyl groups is 3. The summed E-state index contributed by atoms with van der Waals surface area (Å²) >= 11 is 0. The van der Waals surface area contributed by atoms with Crippen molar-refractivity contribution in [1.82, 2.24) is 0 Å². The zero-order valence-electron chi connectivity index (χ0n) is 30.8. The number of hydrogen-bond acceptors (Lipinski definition) is 4. The highest BCUT2D eigenvalue weighted by atomic mass is 16.5. The van der Waals surface area contributed by atoms with E-state index in [1.54, 1.807) is 0 Å². The van der Waals surface area contributed by atoms with E-state index < -0.39 is 0 Å². The van der Waals surface area contributed by atoms with E-state index in [2.05, 4.69) is 79.7 Å². The van der Waals surface area contributed by atoms with Gasteiger partial charge in [0.1, 0.15) is 28.6 Å². The van der Waals surface area contributed by atoms with E-state index in [0.717, 1.165) is 68.2 Å². The summed E-state index contributed by atoms with van der Waals surface area (Å²) in [7, 11) is 0. The number of ether oxygens (including phenoxy) is 1. The van der Waals surface area contributed by atoms with Gasteiger partial charge in [-0.2, -0.15) is 0 Å². The molecule has 0 fully saturated rings. The Morgan fingerprint density at radius 1 is 0.830 bits per heavy atom. The molecule has 0 aromatic heterocycles. The van der Waals surface area contributed by atoms with Crippen LogP contribution in [0, 0.1) is 5.92 Å². The number of aryl methyl sites for hydroxylation is 2. The number of fused-ring (bicyclic) bond motifs is 3. The second-order valence-electron chi connectivity index (χ2n) is 14.9. The predicted octanol–water partition coefficient (Wildman–Crippen LogP) is 12.2. The molecule has 4 heteroatoms. The number of benzene rings is 2. The molecule has 0 unspecified atom stereocenters. The molecule has 260 valence electrons. The van der Waals surface area contributed by atoms with Crippen molar-refractivity contribution >= 4 is 0 Å². The van der Waals surface area contributed by atoms with Crippen molar-refractivity contribution in [3.05, 3.63) is 81.5 Å². The molecule has 0 spiro atoms. The quantitative estimate of drug-likeness (QED) is 0.141. The van der Waals surface area contributed by atoms with Gasteiger partial charge in [-0.3, -0.25) is 0 Å². The lowest BCUT2D eigenvalue weighted by Crippen LogP contribution is -2.45. The summed E-state index contributed by atoms with van der Waals surface area (Å²) in [4.78, 5) is 0. The largest absolute Gasteiger partial charge is 0.508 e. The minimum absolute atomic E-state index is 0.177. The number of unbranched alkanes of at least 4 members (excludes halogenated alkanes) is 5. The number of phenols is 3. The lowest BCUT2D eigenvalue weighted by molar-refractivity contribution is 0.0107. The van der Waals surface area contributed by atoms with Crippen LogP contribution < -0.4 is 4.74 Å². The van der Waals surface area contributed by atoms with E-state index in [9.17, 15) is 15.3 Å². The molecule has 2 aliphatic rings. The smallest absolute Gasteiger partial charge is 0.127 e. The molecule has 0 saturated heterocycles. The van der Waals surface area contributed by atoms with Crippen LogP contribution in [0.2, 0.25) is 0 Å². The van der Waals surface area contributed by atoms with Crippen molar-refractivity contribution in [2.75, 3.05) is 0 Å². The van der Waals surface area contributed by atoms with Crippen LogP contribution in [0.3, 0.4) is 0 Å². The molecule has 1 heterocycles. The van der Waals surface area contributed by atoms with Gasteiger partial charge in [0.25, 0.3) is 0 Å². The van der Waals surface area contributed by atoms with Crippen LogP contribution in [0.4, 0.5) is 0 Å². The molecule has 0 bridgehead atoms. The third-order valence-corrected chi connectivity index (χ3v) is 9.91. The van der Waals surface area contributed by atoms with Gasteiger partial charge in [-0.05, 0) is 141 Å². The van der Waals surface area contributed by atoms with Gasteiger partial charge in [-0.1, -0.05) is 74.5 Å². The average molecular weight is 645 g/mol. The van der Waals surface area contributed by atoms with Crippen molar-refractivity contribution in [2.24, 2.45) is 5.92 Å². The first kappa shape index (κ1) is 38.3. The van der Waals surface area contributed by atoms with E-state index in [4.69, 9.17) is 4.74 Å². The third kappa shape index (κ3) is 11.5. The van der Waals surface area contributed by atoms with Gasteiger partial charge in [0.05, 0.1) is 0 Å². The second kappa shape index (κ2) is 18.4. The molecule has 0 radical (unpaired) electrons. The summed E-state index contributed by atoms with van der Waals surface area (Å²) in [5.41, 5.74) is 7.79. The maximum absolute atomic E-state index is 10.7. The summed E-state index contributed by atoms with van der Waals surface area (Å²) < 4.78 is 6.36. The lowest BCUT2D eigenvalue weighted by atomic mass is 9.68. The molecule has 0 amide bonds. The van der Waals surface area contributed by atoms with Crippen molar-refractivity contribution < 1.29 is 20.1 Å². The number of rotatable bonds is 14. The van der Waals surface area contributed by atoms with Crippen LogP contribution in [0.25, 0.3) is 0 Å². The Bertz CT molecular complexity index is 1370. The molecular formula is C43H64O4. The normalized spacial score (nSPS) is 18.2. The van der Waals surface area contributed by atoms with Gasteiger partial charge in [-0.15, -0.1) is 0 Å². The van der Waals surface area contributed by atoms with Gasteiger partial charge in [0.2, 0.25) is 0 Å². The molecule has 4 nitrogen and oxygen atoms in total. The fourth-order valence-corrected chi connectivity index (χ4v) is 7.08. The first-order valence-electron chi connectivity index (χ1n) is 18.4. The summed E-state index contributed by atoms with van der Waals surface area (Å²) in [6.45, 7) is 17.4. The second-order valence-corrected chi connectivity index (χ2v) is 14.9. The van der Waals surface area contributed by atoms with Crippen LogP contribution >= 0.6 is 0 Å². The Kier molecular flexibility index (Phi) is 15.0. The SMILES string of the molecule is CCCCCc1cc(O)c(C/C=C(\C)CCCC=C(C)C)c(O)c1.CCCCCc1cc(O)c2c(c1)OC(C)(C)[C@@H]1CCC(C)=C[C@@H]21. The molecule has 2 aromatic carbocycles. The summed E-state index contributed by atoms with van der Waals surface area (Å²) in [5.74, 6) is 2.48. The number of allylic oxidation sites excluding steroid dienone is 6. The summed E-state index contributed by atoms with van der Waals surface area (Å²) in [6, 6.07) is 7.75. The molecule has 4 rings (SSSR count). The van der Waals surface area contributed by atoms with E-state index in [-0.39, 0.29) is 23.0 Å². The van der Waals surface area contributed by atoms with Gasteiger partial charge in [-0.25, -0.2) is 0 Å². The molecule has 2 atom stereocenters. The Balaban J connectivity index is 0.000000255. The molecule has 2 aromatic rings. The first-order chi connectivity index (χ1) is 22.4. The van der Waals surface area contributed by atoms with E-state index in [1.807, 2.05) is 18.2 Å². The fraction of sp³-hybridized carbons (Fsp3) is 0.581. The first-order valence-corrected chi connectivity index (χ1v) is 18.4. The van der Waals surface area contributed by atoms with Crippen molar-refractivity contribution in [2.45, 2.75) is 157 Å². The van der Waals surface area contributed by atoms with Crippen LogP contribution in [-0.2, 0) is 19.3 Å². The van der Waals surface area contributed by atoms with Gasteiger partial charge in [0.15, 0.2) is 0 Å². The monoisotopic (exact) mass is 644 g/mol. The van der Waals surface area contributed by atoms with Crippen molar-refractivity contribution in [3.63, 3.8) is 0 Å². The summed E-state index contributed by atoms with van der Waals surface area (Å²) in [6.07, 6.45) is 21.9. The Morgan fingerprint density at radius 3 is 2.02 bits per heavy atom. The van der Waals surface area contributed by atoms with Crippen LogP contribution in [-0.4, -0.2) is 20.9 Å². The maximum atomic E-state index is 10.7. The molecular weight excluding hydrogens is 580 g/mol. The minimum Gasteiger partial charge on any atom is -0.508 e. The summed E-state index contributed by atoms with van der Waals surface area (Å²) in [5, 5.41) is 31.1. The van der Waals surface area contributed by atoms with Gasteiger partial charge in [0, 0.05) is 23.0 Å². The van der Waals surface area contributed by atoms with Crippen LogP contribution in [0.5, 0.6) is 23.0 Å². The van der Waals surface area contributed by atoms with E-state index in [1.165, 1.54) is 54.4 Å². The molecule has 0 saturated carbocycles. The highest BCUT2D eigenvalue weighted by Crippen LogP contribution is 2.53. The van der Waals surface area contributed by atoms with Crippen molar-refractivity contribution in [3.8, 4) is 23.0 Å². The molecule has 1 aliphatic carbocycles. The van der Waals surface area contributed by atoms with Gasteiger partial charge >= 0.3 is 0 Å². The van der Waals surface area contributed by atoms with E-state index >= 15 is 0 Å². The zero-order chi connectivity index (χ0) is 34.6. The maximum Gasteiger partial charge on any atom is 0.127 e. The lowest BCUT2D eigenvalue weighted by Gasteiger charge is -2.46. The molecule has 1 aliphatic heterocycles. The topological polar surface area (TPSA) is 69.9 Å². The van der Waals surface area contributed by atoms with Gasteiger partial charge < -0.3 is 20.1 Å². The highest BCUT2D eigenvalue weighted by molar-refractivity contribution is 5.54. The number of phenolic OH excluding ortho intramolecular Hbond substituents is 3. The Labute approximate surface area is 286 Å². The fourth-order valence-electron chi connectivity index (χ4n) is 7.08. The zero-order valence-corrected chi connectivity index (χ0v) is 30.8. The van der Waals surface area contributed by atoms with Crippen LogP contribution in [0.1, 0.15) is 154 Å². The third-order valence-electron chi connectivity index (χ3n) is 9.91. The van der Waals surface area contributed by atoms with Crippen LogP contribution in [0.15, 0.2) is 59.2 Å².